The number of hydrogen-bond donors (Lipinski definition) is 2. The quantitative estimate of drug-likeness (QED) is 0.793. The molecular weight excluding hydrogens is 309 g/mol. The van der Waals surface area contributed by atoms with Crippen LogP contribution in [0, 0.1) is 6.92 Å². The number of rotatable bonds is 7. The molecule has 122 valence electrons. The standard InChI is InChI=1S/C11H19F3N4O2S/c1-4-15-7-9-10(8(2)16-17-9)21(19,20)18(3)6-5-11(12,13)14/h15H,4-7H2,1-3H3,(H,16,17). The molecule has 0 unspecified atom stereocenters. The molecule has 2 N–H and O–H groups in total. The van der Waals surface area contributed by atoms with Crippen LogP contribution in [-0.2, 0) is 16.6 Å². The van der Waals surface area contributed by atoms with Crippen molar-refractivity contribution in [2.75, 3.05) is 20.1 Å². The smallest absolute Gasteiger partial charge is 0.311 e. The molecule has 1 rings (SSSR count). The molecule has 0 spiro atoms. The maximum absolute atomic E-state index is 12.4. The average Bonchev–Trinajstić information content (AvgIpc) is 2.74. The minimum absolute atomic E-state index is 0.0619. The van der Waals surface area contributed by atoms with Crippen LogP contribution in [0.4, 0.5) is 13.2 Å². The van der Waals surface area contributed by atoms with Gasteiger partial charge in [-0.1, -0.05) is 6.92 Å². The second-order valence-electron chi connectivity index (χ2n) is 4.60. The van der Waals surface area contributed by atoms with Crippen LogP contribution in [0.2, 0.25) is 0 Å². The molecule has 0 aliphatic rings. The Morgan fingerprint density at radius 1 is 1.38 bits per heavy atom. The number of aromatic amines is 1. The predicted molar refractivity (Wildman–Crippen MR) is 71.2 cm³/mol. The fourth-order valence-electron chi connectivity index (χ4n) is 1.74. The van der Waals surface area contributed by atoms with E-state index >= 15 is 0 Å². The Hall–Kier alpha value is -1.13. The lowest BCUT2D eigenvalue weighted by Gasteiger charge is -2.18. The van der Waals surface area contributed by atoms with Crippen molar-refractivity contribution in [2.24, 2.45) is 0 Å². The molecule has 1 heterocycles. The Morgan fingerprint density at radius 2 is 2.00 bits per heavy atom. The molecule has 6 nitrogen and oxygen atoms in total. The number of aryl methyl sites for hydroxylation is 1. The molecule has 0 saturated heterocycles. The molecule has 10 heteroatoms. The van der Waals surface area contributed by atoms with E-state index in [0.29, 0.717) is 16.5 Å². The summed E-state index contributed by atoms with van der Waals surface area (Å²) in [5, 5.41) is 9.40. The average molecular weight is 328 g/mol. The van der Waals surface area contributed by atoms with Gasteiger partial charge >= 0.3 is 6.18 Å². The largest absolute Gasteiger partial charge is 0.390 e. The number of nitrogens with one attached hydrogen (secondary N) is 2. The first-order chi connectivity index (χ1) is 9.59. The van der Waals surface area contributed by atoms with Gasteiger partial charge in [-0.15, -0.1) is 0 Å². The summed E-state index contributed by atoms with van der Waals surface area (Å²) in [7, 11) is -2.88. The van der Waals surface area contributed by atoms with E-state index in [2.05, 4.69) is 15.5 Å². The van der Waals surface area contributed by atoms with Gasteiger partial charge in [-0.3, -0.25) is 5.10 Å². The maximum Gasteiger partial charge on any atom is 0.390 e. The van der Waals surface area contributed by atoms with Crippen LogP contribution in [0.1, 0.15) is 24.7 Å². The maximum atomic E-state index is 12.4. The second kappa shape index (κ2) is 6.75. The highest BCUT2D eigenvalue weighted by Crippen LogP contribution is 2.24. The van der Waals surface area contributed by atoms with Crippen molar-refractivity contribution in [3.8, 4) is 0 Å². The zero-order chi connectivity index (χ0) is 16.3. The summed E-state index contributed by atoms with van der Waals surface area (Å²) in [4.78, 5) is -0.0619. The van der Waals surface area contributed by atoms with E-state index in [-0.39, 0.29) is 17.1 Å². The van der Waals surface area contributed by atoms with Crippen molar-refractivity contribution < 1.29 is 21.6 Å². The van der Waals surface area contributed by atoms with Crippen molar-refractivity contribution in [2.45, 2.75) is 37.9 Å². The molecule has 0 bridgehead atoms. The van der Waals surface area contributed by atoms with E-state index in [1.807, 2.05) is 6.92 Å². The van der Waals surface area contributed by atoms with E-state index in [1.165, 1.54) is 6.92 Å². The van der Waals surface area contributed by atoms with Crippen LogP contribution >= 0.6 is 0 Å². The van der Waals surface area contributed by atoms with Crippen molar-refractivity contribution in [1.82, 2.24) is 19.8 Å². The number of alkyl halides is 3. The van der Waals surface area contributed by atoms with Crippen LogP contribution in [0.15, 0.2) is 4.90 Å². The normalized spacial score (nSPS) is 13.1. The molecule has 0 amide bonds. The summed E-state index contributed by atoms with van der Waals surface area (Å²) in [6.45, 7) is 3.59. The highest BCUT2D eigenvalue weighted by molar-refractivity contribution is 7.89. The first kappa shape index (κ1) is 17.9. The third-order valence-electron chi connectivity index (χ3n) is 2.88. The van der Waals surface area contributed by atoms with E-state index < -0.39 is 29.2 Å². The Balaban J connectivity index is 2.99. The lowest BCUT2D eigenvalue weighted by Crippen LogP contribution is -2.31. The third kappa shape index (κ3) is 4.68. The second-order valence-corrected chi connectivity index (χ2v) is 6.58. The fraction of sp³-hybridized carbons (Fsp3) is 0.727. The number of aromatic nitrogens is 2. The minimum atomic E-state index is -4.40. The fourth-order valence-corrected chi connectivity index (χ4v) is 3.23. The number of halogens is 3. The van der Waals surface area contributed by atoms with Gasteiger partial charge in [0.25, 0.3) is 0 Å². The lowest BCUT2D eigenvalue weighted by atomic mass is 10.3. The van der Waals surface area contributed by atoms with E-state index in [4.69, 9.17) is 0 Å². The third-order valence-corrected chi connectivity index (χ3v) is 4.94. The molecular formula is C11H19F3N4O2S. The van der Waals surface area contributed by atoms with Crippen molar-refractivity contribution in [3.05, 3.63) is 11.4 Å². The van der Waals surface area contributed by atoms with Crippen molar-refractivity contribution >= 4 is 10.0 Å². The molecule has 0 saturated carbocycles. The molecule has 1 aromatic rings. The van der Waals surface area contributed by atoms with Gasteiger partial charge in [0.1, 0.15) is 4.90 Å². The van der Waals surface area contributed by atoms with Gasteiger partial charge in [0.05, 0.1) is 17.8 Å². The summed E-state index contributed by atoms with van der Waals surface area (Å²) >= 11 is 0. The monoisotopic (exact) mass is 328 g/mol. The highest BCUT2D eigenvalue weighted by atomic mass is 32.2. The number of sulfonamides is 1. The first-order valence-corrected chi connectivity index (χ1v) is 7.81. The SMILES string of the molecule is CCNCc1n[nH]c(C)c1S(=O)(=O)N(C)CCC(F)(F)F. The van der Waals surface area contributed by atoms with E-state index in [0.717, 1.165) is 7.05 Å². The zero-order valence-corrected chi connectivity index (χ0v) is 12.9. The summed E-state index contributed by atoms with van der Waals surface area (Å²) in [6, 6.07) is 0. The molecule has 0 fully saturated rings. The number of hydrogen-bond acceptors (Lipinski definition) is 4. The summed E-state index contributed by atoms with van der Waals surface area (Å²) in [5.74, 6) is 0. The molecule has 21 heavy (non-hydrogen) atoms. The van der Waals surface area contributed by atoms with Crippen LogP contribution < -0.4 is 5.32 Å². The lowest BCUT2D eigenvalue weighted by molar-refractivity contribution is -0.135. The number of nitrogens with zero attached hydrogens (tertiary/aromatic N) is 2. The summed E-state index contributed by atoms with van der Waals surface area (Å²) in [6.07, 6.45) is -5.59. The van der Waals surface area contributed by atoms with Gasteiger partial charge in [0.15, 0.2) is 0 Å². The molecule has 0 aromatic carbocycles. The Kier molecular flexibility index (Phi) is 5.76. The van der Waals surface area contributed by atoms with Gasteiger partial charge < -0.3 is 5.32 Å². The topological polar surface area (TPSA) is 78.1 Å². The minimum Gasteiger partial charge on any atom is -0.311 e. The zero-order valence-electron chi connectivity index (χ0n) is 12.1. The Labute approximate surface area is 121 Å². The Bertz CT molecular complexity index is 569. The van der Waals surface area contributed by atoms with Crippen LogP contribution in [-0.4, -0.2) is 49.2 Å². The molecule has 1 aromatic heterocycles. The van der Waals surface area contributed by atoms with E-state index in [9.17, 15) is 21.6 Å². The van der Waals surface area contributed by atoms with Crippen molar-refractivity contribution in [3.63, 3.8) is 0 Å². The van der Waals surface area contributed by atoms with Gasteiger partial charge in [0, 0.05) is 20.1 Å². The number of H-pyrrole nitrogens is 1. The van der Waals surface area contributed by atoms with E-state index in [1.54, 1.807) is 0 Å². The molecule has 0 aliphatic carbocycles. The Morgan fingerprint density at radius 3 is 2.52 bits per heavy atom. The molecule has 0 atom stereocenters. The van der Waals surface area contributed by atoms with Gasteiger partial charge in [-0.2, -0.15) is 18.3 Å². The highest BCUT2D eigenvalue weighted by Gasteiger charge is 2.32. The van der Waals surface area contributed by atoms with Gasteiger partial charge in [-0.05, 0) is 13.5 Å². The molecule has 0 aliphatic heterocycles. The molecule has 0 radical (unpaired) electrons. The van der Waals surface area contributed by atoms with Gasteiger partial charge in [-0.25, -0.2) is 12.7 Å². The summed E-state index contributed by atoms with van der Waals surface area (Å²) in [5.41, 5.74) is 0.579. The van der Waals surface area contributed by atoms with Crippen molar-refractivity contribution in [1.29, 1.82) is 0 Å². The van der Waals surface area contributed by atoms with Crippen LogP contribution in [0.25, 0.3) is 0 Å². The predicted octanol–water partition coefficient (Wildman–Crippen LogP) is 1.40. The van der Waals surface area contributed by atoms with Crippen LogP contribution in [0.5, 0.6) is 0 Å². The summed E-state index contributed by atoms with van der Waals surface area (Å²) < 4.78 is 62.1. The first-order valence-electron chi connectivity index (χ1n) is 6.37. The van der Waals surface area contributed by atoms with Gasteiger partial charge in [0.2, 0.25) is 10.0 Å². The van der Waals surface area contributed by atoms with Crippen LogP contribution in [0.3, 0.4) is 0 Å².